The standard InChI is InChI=1S/C23H26O2/c1-18(24)25-23(21-15-9-4-10-16-21)17-22(19-11-5-2-6-12-19)20-13-7-3-8-14-20/h2-3,5-8,11-14,17,21,23H,4,9-10,15-16H2,1H3. The predicted octanol–water partition coefficient (Wildman–Crippen LogP) is 5.63. The number of carbonyl (C=O) groups is 1. The van der Waals surface area contributed by atoms with Crippen molar-refractivity contribution in [3.05, 3.63) is 77.9 Å². The van der Waals surface area contributed by atoms with Gasteiger partial charge in [0.15, 0.2) is 0 Å². The molecule has 1 unspecified atom stereocenters. The quantitative estimate of drug-likeness (QED) is 0.662. The number of hydrogen-bond acceptors (Lipinski definition) is 2. The van der Waals surface area contributed by atoms with Crippen LogP contribution in [0.1, 0.15) is 50.2 Å². The summed E-state index contributed by atoms with van der Waals surface area (Å²) >= 11 is 0. The summed E-state index contributed by atoms with van der Waals surface area (Å²) in [5, 5.41) is 0. The predicted molar refractivity (Wildman–Crippen MR) is 102 cm³/mol. The van der Waals surface area contributed by atoms with Gasteiger partial charge in [0.2, 0.25) is 0 Å². The van der Waals surface area contributed by atoms with Crippen LogP contribution in [0.25, 0.3) is 5.57 Å². The van der Waals surface area contributed by atoms with E-state index in [1.54, 1.807) is 0 Å². The highest BCUT2D eigenvalue weighted by atomic mass is 16.5. The van der Waals surface area contributed by atoms with Gasteiger partial charge in [-0.3, -0.25) is 4.79 Å². The van der Waals surface area contributed by atoms with Crippen LogP contribution in [-0.2, 0) is 9.53 Å². The second kappa shape index (κ2) is 8.66. The smallest absolute Gasteiger partial charge is 0.303 e. The first-order chi connectivity index (χ1) is 12.2. The lowest BCUT2D eigenvalue weighted by Crippen LogP contribution is -2.26. The van der Waals surface area contributed by atoms with Gasteiger partial charge in [-0.25, -0.2) is 0 Å². The van der Waals surface area contributed by atoms with E-state index in [0.29, 0.717) is 5.92 Å². The molecule has 2 heteroatoms. The van der Waals surface area contributed by atoms with Crippen molar-refractivity contribution in [2.24, 2.45) is 5.92 Å². The fraction of sp³-hybridized carbons (Fsp3) is 0.348. The van der Waals surface area contributed by atoms with Crippen LogP contribution in [-0.4, -0.2) is 12.1 Å². The summed E-state index contributed by atoms with van der Waals surface area (Å²) < 4.78 is 5.75. The molecule has 1 saturated carbocycles. The van der Waals surface area contributed by atoms with Gasteiger partial charge in [0.05, 0.1) is 0 Å². The number of ether oxygens (including phenoxy) is 1. The highest BCUT2D eigenvalue weighted by Crippen LogP contribution is 2.32. The van der Waals surface area contributed by atoms with E-state index >= 15 is 0 Å². The van der Waals surface area contributed by atoms with Crippen LogP contribution in [0.15, 0.2) is 66.7 Å². The molecule has 0 saturated heterocycles. The Morgan fingerprint density at radius 3 is 1.92 bits per heavy atom. The Kier molecular flexibility index (Phi) is 6.05. The van der Waals surface area contributed by atoms with E-state index in [0.717, 1.165) is 29.5 Å². The highest BCUT2D eigenvalue weighted by molar-refractivity contribution is 5.80. The third-order valence-corrected chi connectivity index (χ3v) is 4.92. The fourth-order valence-corrected chi connectivity index (χ4v) is 3.68. The van der Waals surface area contributed by atoms with Crippen molar-refractivity contribution >= 4 is 11.5 Å². The topological polar surface area (TPSA) is 26.3 Å². The van der Waals surface area contributed by atoms with Crippen molar-refractivity contribution < 1.29 is 9.53 Å². The molecule has 2 aromatic rings. The first kappa shape index (κ1) is 17.5. The molecule has 0 aromatic heterocycles. The minimum atomic E-state index is -0.202. The zero-order valence-corrected chi connectivity index (χ0v) is 14.9. The number of rotatable bonds is 5. The van der Waals surface area contributed by atoms with Gasteiger partial charge in [-0.1, -0.05) is 79.9 Å². The summed E-state index contributed by atoms with van der Waals surface area (Å²) in [7, 11) is 0. The lowest BCUT2D eigenvalue weighted by atomic mass is 9.83. The molecule has 0 spiro atoms. The zero-order valence-electron chi connectivity index (χ0n) is 14.9. The molecule has 0 heterocycles. The van der Waals surface area contributed by atoms with E-state index in [4.69, 9.17) is 4.74 Å². The summed E-state index contributed by atoms with van der Waals surface area (Å²) in [6.07, 6.45) is 8.01. The van der Waals surface area contributed by atoms with Gasteiger partial charge in [0.1, 0.15) is 6.10 Å². The normalized spacial score (nSPS) is 16.0. The maximum Gasteiger partial charge on any atom is 0.303 e. The van der Waals surface area contributed by atoms with Crippen molar-refractivity contribution in [1.29, 1.82) is 0 Å². The van der Waals surface area contributed by atoms with Gasteiger partial charge < -0.3 is 4.74 Å². The van der Waals surface area contributed by atoms with Gasteiger partial charge in [-0.15, -0.1) is 0 Å². The summed E-state index contributed by atoms with van der Waals surface area (Å²) in [6, 6.07) is 20.7. The molecule has 0 amide bonds. The molecule has 3 rings (SSSR count). The van der Waals surface area contributed by atoms with Gasteiger partial charge in [-0.05, 0) is 41.5 Å². The first-order valence-electron chi connectivity index (χ1n) is 9.24. The molecular weight excluding hydrogens is 308 g/mol. The van der Waals surface area contributed by atoms with Crippen molar-refractivity contribution in [2.45, 2.75) is 45.1 Å². The first-order valence-corrected chi connectivity index (χ1v) is 9.24. The third-order valence-electron chi connectivity index (χ3n) is 4.92. The summed E-state index contributed by atoms with van der Waals surface area (Å²) in [5.74, 6) is 0.215. The zero-order chi connectivity index (χ0) is 17.5. The molecule has 25 heavy (non-hydrogen) atoms. The molecule has 0 N–H and O–H groups in total. The van der Waals surface area contributed by atoms with E-state index in [1.165, 1.54) is 26.2 Å². The maximum absolute atomic E-state index is 11.7. The summed E-state index contributed by atoms with van der Waals surface area (Å²) in [6.45, 7) is 1.51. The van der Waals surface area contributed by atoms with Crippen molar-refractivity contribution in [2.75, 3.05) is 0 Å². The SMILES string of the molecule is CC(=O)OC(C=C(c1ccccc1)c1ccccc1)C1CCCCC1. The van der Waals surface area contributed by atoms with Crippen LogP contribution in [0.4, 0.5) is 0 Å². The Balaban J connectivity index is 2.00. The lowest BCUT2D eigenvalue weighted by Gasteiger charge is -2.28. The maximum atomic E-state index is 11.7. The van der Waals surface area contributed by atoms with E-state index in [2.05, 4.69) is 30.3 Å². The van der Waals surface area contributed by atoms with Crippen LogP contribution in [0.5, 0.6) is 0 Å². The van der Waals surface area contributed by atoms with E-state index in [1.807, 2.05) is 36.4 Å². The molecule has 1 fully saturated rings. The molecule has 0 aliphatic heterocycles. The average molecular weight is 334 g/mol. The number of benzene rings is 2. The van der Waals surface area contributed by atoms with Crippen LogP contribution >= 0.6 is 0 Å². The molecule has 1 aliphatic rings. The van der Waals surface area contributed by atoms with Crippen LogP contribution in [0, 0.1) is 5.92 Å². The van der Waals surface area contributed by atoms with Crippen molar-refractivity contribution in [1.82, 2.24) is 0 Å². The van der Waals surface area contributed by atoms with Crippen LogP contribution in [0.2, 0.25) is 0 Å². The molecular formula is C23H26O2. The fourth-order valence-electron chi connectivity index (χ4n) is 3.68. The number of esters is 1. The molecule has 2 aromatic carbocycles. The second-order valence-corrected chi connectivity index (χ2v) is 6.78. The minimum absolute atomic E-state index is 0.159. The second-order valence-electron chi connectivity index (χ2n) is 6.78. The monoisotopic (exact) mass is 334 g/mol. The molecule has 1 atom stereocenters. The van der Waals surface area contributed by atoms with E-state index in [-0.39, 0.29) is 12.1 Å². The molecule has 130 valence electrons. The Labute approximate surface area is 150 Å². The third kappa shape index (κ3) is 4.82. The van der Waals surface area contributed by atoms with Gasteiger partial charge in [-0.2, -0.15) is 0 Å². The Hall–Kier alpha value is -2.35. The summed E-state index contributed by atoms with van der Waals surface area (Å²) in [5.41, 5.74) is 3.45. The Bertz CT molecular complexity index is 656. The Morgan fingerprint density at radius 2 is 1.44 bits per heavy atom. The molecule has 1 aliphatic carbocycles. The average Bonchev–Trinajstić information content (AvgIpc) is 2.67. The summed E-state index contributed by atoms with van der Waals surface area (Å²) in [4.78, 5) is 11.7. The van der Waals surface area contributed by atoms with Crippen LogP contribution in [0.3, 0.4) is 0 Å². The van der Waals surface area contributed by atoms with E-state index in [9.17, 15) is 4.79 Å². The van der Waals surface area contributed by atoms with Crippen molar-refractivity contribution in [3.8, 4) is 0 Å². The van der Waals surface area contributed by atoms with Gasteiger partial charge >= 0.3 is 5.97 Å². The number of carbonyl (C=O) groups excluding carboxylic acids is 1. The minimum Gasteiger partial charge on any atom is -0.458 e. The number of hydrogen-bond donors (Lipinski definition) is 0. The molecule has 2 nitrogen and oxygen atoms in total. The van der Waals surface area contributed by atoms with E-state index < -0.39 is 0 Å². The van der Waals surface area contributed by atoms with Gasteiger partial charge in [0, 0.05) is 6.92 Å². The van der Waals surface area contributed by atoms with Crippen molar-refractivity contribution in [3.63, 3.8) is 0 Å². The Morgan fingerprint density at radius 1 is 0.920 bits per heavy atom. The molecule has 0 radical (unpaired) electrons. The van der Waals surface area contributed by atoms with Crippen LogP contribution < -0.4 is 0 Å². The molecule has 0 bridgehead atoms. The highest BCUT2D eigenvalue weighted by Gasteiger charge is 2.25. The largest absolute Gasteiger partial charge is 0.458 e. The lowest BCUT2D eigenvalue weighted by molar-refractivity contribution is -0.146. The van der Waals surface area contributed by atoms with Gasteiger partial charge in [0.25, 0.3) is 0 Å².